The number of fused-ring (bicyclic) bond motifs is 1. The first-order valence-corrected chi connectivity index (χ1v) is 8.58. The van der Waals surface area contributed by atoms with Crippen LogP contribution >= 0.6 is 0 Å². The predicted octanol–water partition coefficient (Wildman–Crippen LogP) is 5.11. The molecule has 1 unspecified atom stereocenters. The molecule has 2 rings (SSSR count). The molecule has 0 aliphatic rings. The standard InChI is InChI=1S/C20H28O2/c1-3-5-9-16-13-14-20(19-12-8-7-11-18(16)19)22-17(15-21)10-6-4-2/h7-8,11-14,17,21H,3-6,9-10,15H2,1-2H3. The van der Waals surface area contributed by atoms with E-state index in [1.807, 2.05) is 0 Å². The number of benzene rings is 2. The van der Waals surface area contributed by atoms with E-state index >= 15 is 0 Å². The predicted molar refractivity (Wildman–Crippen MR) is 93.6 cm³/mol. The van der Waals surface area contributed by atoms with E-state index in [1.165, 1.54) is 23.8 Å². The lowest BCUT2D eigenvalue weighted by Gasteiger charge is -2.19. The molecule has 0 aliphatic heterocycles. The van der Waals surface area contributed by atoms with Crippen molar-refractivity contribution in [3.8, 4) is 5.75 Å². The highest BCUT2D eigenvalue weighted by Crippen LogP contribution is 2.30. The third-order valence-electron chi connectivity index (χ3n) is 4.15. The van der Waals surface area contributed by atoms with Crippen LogP contribution in [0.4, 0.5) is 0 Å². The van der Waals surface area contributed by atoms with Crippen LogP contribution in [0.3, 0.4) is 0 Å². The molecule has 2 aromatic carbocycles. The van der Waals surface area contributed by atoms with Crippen LogP contribution in [0.15, 0.2) is 36.4 Å². The molecule has 120 valence electrons. The van der Waals surface area contributed by atoms with E-state index in [0.717, 1.165) is 36.8 Å². The summed E-state index contributed by atoms with van der Waals surface area (Å²) in [6, 6.07) is 12.7. The quantitative estimate of drug-likeness (QED) is 0.697. The van der Waals surface area contributed by atoms with Crippen LogP contribution in [0.5, 0.6) is 5.75 Å². The normalized spacial score (nSPS) is 12.5. The molecule has 0 radical (unpaired) electrons. The zero-order valence-electron chi connectivity index (χ0n) is 13.8. The summed E-state index contributed by atoms with van der Waals surface area (Å²) in [5.41, 5.74) is 1.39. The first kappa shape index (κ1) is 16.8. The van der Waals surface area contributed by atoms with Crippen molar-refractivity contribution in [3.63, 3.8) is 0 Å². The van der Waals surface area contributed by atoms with E-state index in [1.54, 1.807) is 0 Å². The average molecular weight is 300 g/mol. The van der Waals surface area contributed by atoms with Gasteiger partial charge in [-0.25, -0.2) is 0 Å². The van der Waals surface area contributed by atoms with E-state index in [-0.39, 0.29) is 12.7 Å². The van der Waals surface area contributed by atoms with Crippen molar-refractivity contribution in [1.29, 1.82) is 0 Å². The van der Waals surface area contributed by atoms with Crippen molar-refractivity contribution in [2.24, 2.45) is 0 Å². The molecule has 0 spiro atoms. The maximum absolute atomic E-state index is 9.53. The van der Waals surface area contributed by atoms with E-state index in [9.17, 15) is 5.11 Å². The summed E-state index contributed by atoms with van der Waals surface area (Å²) in [5.74, 6) is 0.894. The minimum Gasteiger partial charge on any atom is -0.487 e. The van der Waals surface area contributed by atoms with Crippen molar-refractivity contribution in [2.45, 2.75) is 58.5 Å². The van der Waals surface area contributed by atoms with Gasteiger partial charge in [0.2, 0.25) is 0 Å². The molecular formula is C20H28O2. The highest BCUT2D eigenvalue weighted by molar-refractivity contribution is 5.91. The fraction of sp³-hybridized carbons (Fsp3) is 0.500. The van der Waals surface area contributed by atoms with Gasteiger partial charge in [0.25, 0.3) is 0 Å². The summed E-state index contributed by atoms with van der Waals surface area (Å²) < 4.78 is 6.09. The number of aliphatic hydroxyl groups excluding tert-OH is 1. The summed E-state index contributed by atoms with van der Waals surface area (Å²) in [6.45, 7) is 4.46. The molecule has 0 aliphatic carbocycles. The molecule has 0 saturated heterocycles. The van der Waals surface area contributed by atoms with Crippen molar-refractivity contribution in [1.82, 2.24) is 0 Å². The zero-order valence-corrected chi connectivity index (χ0v) is 13.8. The van der Waals surface area contributed by atoms with Crippen LogP contribution in [0.2, 0.25) is 0 Å². The van der Waals surface area contributed by atoms with Crippen molar-refractivity contribution in [2.75, 3.05) is 6.61 Å². The van der Waals surface area contributed by atoms with Crippen LogP contribution in [0.1, 0.15) is 51.5 Å². The fourth-order valence-electron chi connectivity index (χ4n) is 2.82. The van der Waals surface area contributed by atoms with Gasteiger partial charge in [-0.3, -0.25) is 0 Å². The Balaban J connectivity index is 2.27. The Labute approximate surface area is 134 Å². The Morgan fingerprint density at radius 1 is 0.955 bits per heavy atom. The van der Waals surface area contributed by atoms with Crippen LogP contribution in [0, 0.1) is 0 Å². The maximum Gasteiger partial charge on any atom is 0.127 e. The van der Waals surface area contributed by atoms with Crippen LogP contribution in [0.25, 0.3) is 10.8 Å². The second kappa shape index (κ2) is 8.79. The molecule has 1 atom stereocenters. The number of hydrogen-bond donors (Lipinski definition) is 1. The molecule has 0 bridgehead atoms. The van der Waals surface area contributed by atoms with E-state index in [4.69, 9.17) is 4.74 Å². The molecular weight excluding hydrogens is 272 g/mol. The smallest absolute Gasteiger partial charge is 0.127 e. The fourth-order valence-corrected chi connectivity index (χ4v) is 2.82. The van der Waals surface area contributed by atoms with E-state index < -0.39 is 0 Å². The summed E-state index contributed by atoms with van der Waals surface area (Å²) >= 11 is 0. The molecule has 2 aromatic rings. The van der Waals surface area contributed by atoms with Crippen LogP contribution in [-0.2, 0) is 6.42 Å². The van der Waals surface area contributed by atoms with Gasteiger partial charge in [0.1, 0.15) is 11.9 Å². The highest BCUT2D eigenvalue weighted by atomic mass is 16.5. The molecule has 0 aromatic heterocycles. The first-order chi connectivity index (χ1) is 10.8. The Morgan fingerprint density at radius 3 is 2.36 bits per heavy atom. The number of aliphatic hydroxyl groups is 1. The summed E-state index contributed by atoms with van der Waals surface area (Å²) in [4.78, 5) is 0. The van der Waals surface area contributed by atoms with Gasteiger partial charge >= 0.3 is 0 Å². The topological polar surface area (TPSA) is 29.5 Å². The van der Waals surface area contributed by atoms with Gasteiger partial charge in [0.15, 0.2) is 0 Å². The summed E-state index contributed by atoms with van der Waals surface area (Å²) in [5, 5.41) is 12.0. The molecule has 0 amide bonds. The Hall–Kier alpha value is -1.54. The molecule has 0 saturated carbocycles. The summed E-state index contributed by atoms with van der Waals surface area (Å²) in [7, 11) is 0. The number of ether oxygens (including phenoxy) is 1. The Morgan fingerprint density at radius 2 is 1.68 bits per heavy atom. The minimum absolute atomic E-state index is 0.0753. The molecule has 2 nitrogen and oxygen atoms in total. The lowest BCUT2D eigenvalue weighted by Crippen LogP contribution is -2.21. The van der Waals surface area contributed by atoms with Gasteiger partial charge in [0, 0.05) is 5.39 Å². The molecule has 0 heterocycles. The molecule has 1 N–H and O–H groups in total. The van der Waals surface area contributed by atoms with Gasteiger partial charge in [-0.05, 0) is 42.7 Å². The molecule has 2 heteroatoms. The van der Waals surface area contributed by atoms with E-state index in [0.29, 0.717) is 0 Å². The van der Waals surface area contributed by atoms with E-state index in [2.05, 4.69) is 50.2 Å². The number of unbranched alkanes of at least 4 members (excludes halogenated alkanes) is 2. The van der Waals surface area contributed by atoms with Crippen molar-refractivity contribution in [3.05, 3.63) is 42.0 Å². The Kier molecular flexibility index (Phi) is 6.73. The van der Waals surface area contributed by atoms with Gasteiger partial charge in [0.05, 0.1) is 6.61 Å². The highest BCUT2D eigenvalue weighted by Gasteiger charge is 2.12. The average Bonchev–Trinajstić information content (AvgIpc) is 2.57. The second-order valence-electron chi connectivity index (χ2n) is 5.94. The molecule has 0 fully saturated rings. The zero-order chi connectivity index (χ0) is 15.8. The number of rotatable bonds is 9. The lowest BCUT2D eigenvalue weighted by molar-refractivity contribution is 0.108. The third kappa shape index (κ3) is 4.23. The van der Waals surface area contributed by atoms with Gasteiger partial charge in [-0.15, -0.1) is 0 Å². The molecule has 22 heavy (non-hydrogen) atoms. The SMILES string of the molecule is CCCCc1ccc(OC(CO)CCCC)c2ccccc12. The van der Waals surface area contributed by atoms with Gasteiger partial charge in [-0.2, -0.15) is 0 Å². The number of aryl methyl sites for hydroxylation is 1. The largest absolute Gasteiger partial charge is 0.487 e. The van der Waals surface area contributed by atoms with Gasteiger partial charge < -0.3 is 9.84 Å². The number of hydrogen-bond acceptors (Lipinski definition) is 2. The minimum atomic E-state index is -0.107. The monoisotopic (exact) mass is 300 g/mol. The second-order valence-corrected chi connectivity index (χ2v) is 5.94. The van der Waals surface area contributed by atoms with Crippen LogP contribution in [-0.4, -0.2) is 17.8 Å². The summed E-state index contributed by atoms with van der Waals surface area (Å²) in [6.07, 6.45) is 6.52. The van der Waals surface area contributed by atoms with Crippen LogP contribution < -0.4 is 4.74 Å². The Bertz CT molecular complexity index is 577. The third-order valence-corrected chi connectivity index (χ3v) is 4.15. The first-order valence-electron chi connectivity index (χ1n) is 8.58. The van der Waals surface area contributed by atoms with Crippen molar-refractivity contribution < 1.29 is 9.84 Å². The lowest BCUT2D eigenvalue weighted by atomic mass is 9.99. The van der Waals surface area contributed by atoms with Gasteiger partial charge in [-0.1, -0.05) is 57.0 Å². The maximum atomic E-state index is 9.53. The van der Waals surface area contributed by atoms with Crippen molar-refractivity contribution >= 4 is 10.8 Å².